The molecule has 0 radical (unpaired) electrons. The van der Waals surface area contributed by atoms with Gasteiger partial charge < -0.3 is 10.1 Å². The van der Waals surface area contributed by atoms with Gasteiger partial charge in [0.2, 0.25) is 0 Å². The third kappa shape index (κ3) is 3.61. The molecule has 2 N–H and O–H groups in total. The molecule has 0 spiro atoms. The second-order valence-electron chi connectivity index (χ2n) is 5.82. The number of halogens is 1. The predicted molar refractivity (Wildman–Crippen MR) is 84.1 cm³/mol. The first kappa shape index (κ1) is 16.2. The Labute approximate surface area is 138 Å². The van der Waals surface area contributed by atoms with Crippen molar-refractivity contribution in [3.63, 3.8) is 0 Å². The van der Waals surface area contributed by atoms with Gasteiger partial charge in [0.25, 0.3) is 5.91 Å². The molecule has 1 unspecified atom stereocenters. The summed E-state index contributed by atoms with van der Waals surface area (Å²) in [5.74, 6) is -1.49. The Balaban J connectivity index is 1.66. The standard InChI is InChI=1S/C17H18FN3O3/c1-24-17(23)13(10-4-6-12(18)7-5-10)9-19-16(22)15-8-14(20-21-15)11-2-3-11/h4-8,11,13H,2-3,9H2,1H3,(H,19,22)(H,20,21). The summed E-state index contributed by atoms with van der Waals surface area (Å²) in [7, 11) is 1.27. The van der Waals surface area contributed by atoms with Gasteiger partial charge in [-0.3, -0.25) is 14.7 Å². The maximum atomic E-state index is 13.0. The Morgan fingerprint density at radius 3 is 2.71 bits per heavy atom. The average molecular weight is 331 g/mol. The smallest absolute Gasteiger partial charge is 0.314 e. The van der Waals surface area contributed by atoms with Crippen molar-refractivity contribution in [3.8, 4) is 0 Å². The lowest BCUT2D eigenvalue weighted by Gasteiger charge is -2.15. The Morgan fingerprint density at radius 2 is 2.08 bits per heavy atom. The van der Waals surface area contributed by atoms with Gasteiger partial charge in [0, 0.05) is 18.2 Å². The van der Waals surface area contributed by atoms with Crippen molar-refractivity contribution in [3.05, 3.63) is 53.1 Å². The summed E-state index contributed by atoms with van der Waals surface area (Å²) in [5.41, 5.74) is 1.83. The van der Waals surface area contributed by atoms with E-state index >= 15 is 0 Å². The zero-order chi connectivity index (χ0) is 17.1. The molecule has 1 atom stereocenters. The molecular weight excluding hydrogens is 313 g/mol. The van der Waals surface area contributed by atoms with E-state index in [9.17, 15) is 14.0 Å². The van der Waals surface area contributed by atoms with Gasteiger partial charge in [-0.25, -0.2) is 4.39 Å². The van der Waals surface area contributed by atoms with Crippen LogP contribution in [-0.2, 0) is 9.53 Å². The van der Waals surface area contributed by atoms with Crippen LogP contribution in [0.15, 0.2) is 30.3 Å². The number of nitrogens with zero attached hydrogens (tertiary/aromatic N) is 1. The highest BCUT2D eigenvalue weighted by Crippen LogP contribution is 2.38. The number of amides is 1. The highest BCUT2D eigenvalue weighted by molar-refractivity contribution is 5.93. The van der Waals surface area contributed by atoms with Crippen LogP contribution in [0.5, 0.6) is 0 Å². The number of ether oxygens (including phenoxy) is 1. The highest BCUT2D eigenvalue weighted by atomic mass is 19.1. The van der Waals surface area contributed by atoms with Gasteiger partial charge in [0.1, 0.15) is 11.5 Å². The summed E-state index contributed by atoms with van der Waals surface area (Å²) in [6.45, 7) is 0.0444. The number of benzene rings is 1. The summed E-state index contributed by atoms with van der Waals surface area (Å²) in [6, 6.07) is 7.27. The molecule has 1 amide bonds. The molecule has 1 aliphatic carbocycles. The molecule has 2 aromatic rings. The first-order chi connectivity index (χ1) is 11.6. The molecule has 0 bridgehead atoms. The van der Waals surface area contributed by atoms with Gasteiger partial charge in [-0.05, 0) is 36.6 Å². The number of hydrogen-bond donors (Lipinski definition) is 2. The fourth-order valence-corrected chi connectivity index (χ4v) is 2.52. The number of aromatic amines is 1. The lowest BCUT2D eigenvalue weighted by Crippen LogP contribution is -2.32. The second-order valence-corrected chi connectivity index (χ2v) is 5.82. The maximum Gasteiger partial charge on any atom is 0.314 e. The number of aromatic nitrogens is 2. The number of esters is 1. The number of carbonyl (C=O) groups excluding carboxylic acids is 2. The van der Waals surface area contributed by atoms with E-state index in [1.165, 1.54) is 31.4 Å². The van der Waals surface area contributed by atoms with Crippen LogP contribution in [0.25, 0.3) is 0 Å². The maximum absolute atomic E-state index is 13.0. The molecule has 1 aliphatic rings. The van der Waals surface area contributed by atoms with Gasteiger partial charge in [-0.2, -0.15) is 5.10 Å². The largest absolute Gasteiger partial charge is 0.468 e. The summed E-state index contributed by atoms with van der Waals surface area (Å²) in [6.07, 6.45) is 2.22. The monoisotopic (exact) mass is 331 g/mol. The van der Waals surface area contributed by atoms with E-state index in [1.807, 2.05) is 0 Å². The Kier molecular flexibility index (Phi) is 4.59. The number of nitrogens with one attached hydrogen (secondary N) is 2. The summed E-state index contributed by atoms with van der Waals surface area (Å²) in [5, 5.41) is 9.55. The lowest BCUT2D eigenvalue weighted by atomic mass is 9.99. The van der Waals surface area contributed by atoms with Crippen LogP contribution >= 0.6 is 0 Å². The number of carbonyl (C=O) groups is 2. The van der Waals surface area contributed by atoms with Crippen LogP contribution in [0.3, 0.4) is 0 Å². The quantitative estimate of drug-likeness (QED) is 0.794. The van der Waals surface area contributed by atoms with E-state index in [0.29, 0.717) is 17.2 Å². The molecule has 1 saturated carbocycles. The van der Waals surface area contributed by atoms with Crippen LogP contribution in [0.1, 0.15) is 46.4 Å². The third-order valence-electron chi connectivity index (χ3n) is 4.07. The van der Waals surface area contributed by atoms with Crippen LogP contribution in [0.2, 0.25) is 0 Å². The second kappa shape index (κ2) is 6.82. The summed E-state index contributed by atoms with van der Waals surface area (Å²) < 4.78 is 17.8. The minimum absolute atomic E-state index is 0.0444. The van der Waals surface area contributed by atoms with Crippen LogP contribution in [0.4, 0.5) is 4.39 Å². The molecule has 1 heterocycles. The molecular formula is C17H18FN3O3. The van der Waals surface area contributed by atoms with Crippen LogP contribution in [0, 0.1) is 5.82 Å². The Bertz CT molecular complexity index is 738. The number of methoxy groups -OCH3 is 1. The minimum Gasteiger partial charge on any atom is -0.468 e. The van der Waals surface area contributed by atoms with Crippen molar-refractivity contribution in [2.75, 3.05) is 13.7 Å². The van der Waals surface area contributed by atoms with E-state index in [0.717, 1.165) is 18.5 Å². The minimum atomic E-state index is -0.707. The van der Waals surface area contributed by atoms with Gasteiger partial charge in [-0.15, -0.1) is 0 Å². The van der Waals surface area contributed by atoms with E-state index in [2.05, 4.69) is 15.5 Å². The van der Waals surface area contributed by atoms with Crippen LogP contribution in [-0.4, -0.2) is 35.7 Å². The number of H-pyrrole nitrogens is 1. The Morgan fingerprint density at radius 1 is 1.38 bits per heavy atom. The summed E-state index contributed by atoms with van der Waals surface area (Å²) >= 11 is 0. The fraction of sp³-hybridized carbons (Fsp3) is 0.353. The molecule has 0 aliphatic heterocycles. The average Bonchev–Trinajstić information content (AvgIpc) is 3.33. The molecule has 1 aromatic heterocycles. The molecule has 7 heteroatoms. The van der Waals surface area contributed by atoms with Crippen molar-refractivity contribution in [1.29, 1.82) is 0 Å². The first-order valence-corrected chi connectivity index (χ1v) is 7.75. The van der Waals surface area contributed by atoms with Crippen molar-refractivity contribution >= 4 is 11.9 Å². The highest BCUT2D eigenvalue weighted by Gasteiger charge is 2.27. The van der Waals surface area contributed by atoms with E-state index in [-0.39, 0.29) is 12.5 Å². The van der Waals surface area contributed by atoms with Crippen LogP contribution < -0.4 is 5.32 Å². The van der Waals surface area contributed by atoms with Crippen molar-refractivity contribution in [2.45, 2.75) is 24.7 Å². The topological polar surface area (TPSA) is 84.1 Å². The van der Waals surface area contributed by atoms with Crippen molar-refractivity contribution in [1.82, 2.24) is 15.5 Å². The van der Waals surface area contributed by atoms with Gasteiger partial charge in [0.15, 0.2) is 0 Å². The van der Waals surface area contributed by atoms with Gasteiger partial charge in [-0.1, -0.05) is 12.1 Å². The molecule has 6 nitrogen and oxygen atoms in total. The van der Waals surface area contributed by atoms with E-state index in [1.54, 1.807) is 6.07 Å². The van der Waals surface area contributed by atoms with Crippen molar-refractivity contribution < 1.29 is 18.7 Å². The van der Waals surface area contributed by atoms with Gasteiger partial charge >= 0.3 is 5.97 Å². The molecule has 3 rings (SSSR count). The molecule has 24 heavy (non-hydrogen) atoms. The van der Waals surface area contributed by atoms with E-state index in [4.69, 9.17) is 4.74 Å². The molecule has 1 fully saturated rings. The first-order valence-electron chi connectivity index (χ1n) is 7.75. The SMILES string of the molecule is COC(=O)C(CNC(=O)c1cc(C2CC2)[nH]n1)c1ccc(F)cc1. The lowest BCUT2D eigenvalue weighted by molar-refractivity contribution is -0.142. The van der Waals surface area contributed by atoms with Crippen molar-refractivity contribution in [2.24, 2.45) is 0 Å². The molecule has 126 valence electrons. The van der Waals surface area contributed by atoms with E-state index < -0.39 is 17.7 Å². The molecule has 1 aromatic carbocycles. The zero-order valence-corrected chi connectivity index (χ0v) is 13.2. The number of hydrogen-bond acceptors (Lipinski definition) is 4. The normalized spacial score (nSPS) is 14.9. The summed E-state index contributed by atoms with van der Waals surface area (Å²) in [4.78, 5) is 24.2. The zero-order valence-electron chi connectivity index (χ0n) is 13.2. The van der Waals surface area contributed by atoms with Gasteiger partial charge in [0.05, 0.1) is 13.0 Å². The number of rotatable bonds is 6. The Hall–Kier alpha value is -2.70. The molecule has 0 saturated heterocycles. The third-order valence-corrected chi connectivity index (χ3v) is 4.07. The predicted octanol–water partition coefficient (Wildman–Crippen LogP) is 2.11. The fourth-order valence-electron chi connectivity index (χ4n) is 2.52.